The van der Waals surface area contributed by atoms with Gasteiger partial charge in [-0.1, -0.05) is 11.8 Å². The Balaban J connectivity index is 2.78. The van der Waals surface area contributed by atoms with Crippen LogP contribution in [0.2, 0.25) is 0 Å². The van der Waals surface area contributed by atoms with Gasteiger partial charge in [0.2, 0.25) is 0 Å². The second-order valence-electron chi connectivity index (χ2n) is 3.26. The number of ether oxygens (including phenoxy) is 1. The fourth-order valence-electron chi connectivity index (χ4n) is 1.21. The van der Waals surface area contributed by atoms with E-state index >= 15 is 0 Å². The molecule has 0 bridgehead atoms. The number of esters is 1. The fraction of sp³-hybridized carbons (Fsp3) is 0.214. The highest BCUT2D eigenvalue weighted by atomic mass is 16.5. The molecule has 0 unspecified atom stereocenters. The number of hydrogen-bond donors (Lipinski definition) is 0. The van der Waals surface area contributed by atoms with Crippen molar-refractivity contribution >= 4 is 11.8 Å². The van der Waals surface area contributed by atoms with Gasteiger partial charge in [0.25, 0.3) is 5.78 Å². The van der Waals surface area contributed by atoms with Gasteiger partial charge in [0.1, 0.15) is 0 Å². The Hall–Kier alpha value is -2.59. The SMILES string of the molecule is CCOC(=O)C(=O)c1ccc(C#CCC#N)cc1. The van der Waals surface area contributed by atoms with Crippen LogP contribution in [-0.2, 0) is 9.53 Å². The van der Waals surface area contributed by atoms with Crippen molar-refractivity contribution in [1.82, 2.24) is 0 Å². The summed E-state index contributed by atoms with van der Waals surface area (Å²) in [7, 11) is 0. The normalized spacial score (nSPS) is 8.67. The molecular formula is C14H11NO3. The molecule has 0 atom stereocenters. The van der Waals surface area contributed by atoms with Crippen LogP contribution in [0.15, 0.2) is 24.3 Å². The lowest BCUT2D eigenvalue weighted by molar-refractivity contribution is -0.137. The number of rotatable bonds is 3. The average Bonchev–Trinajstić information content (AvgIpc) is 2.39. The summed E-state index contributed by atoms with van der Waals surface area (Å²) in [5.41, 5.74) is 0.949. The van der Waals surface area contributed by atoms with Gasteiger partial charge in [0.15, 0.2) is 0 Å². The Kier molecular flexibility index (Phi) is 5.15. The van der Waals surface area contributed by atoms with Gasteiger partial charge in [-0.2, -0.15) is 5.26 Å². The summed E-state index contributed by atoms with van der Waals surface area (Å²) in [5.74, 6) is 3.89. The van der Waals surface area contributed by atoms with Gasteiger partial charge in [-0.3, -0.25) is 4.79 Å². The van der Waals surface area contributed by atoms with Crippen molar-refractivity contribution in [1.29, 1.82) is 5.26 Å². The van der Waals surface area contributed by atoms with E-state index in [-0.39, 0.29) is 18.6 Å². The monoisotopic (exact) mass is 241 g/mol. The van der Waals surface area contributed by atoms with E-state index < -0.39 is 11.8 Å². The maximum atomic E-state index is 11.6. The van der Waals surface area contributed by atoms with Crippen LogP contribution in [0.4, 0.5) is 0 Å². The van der Waals surface area contributed by atoms with Crippen molar-refractivity contribution in [3.05, 3.63) is 35.4 Å². The number of benzene rings is 1. The molecule has 0 radical (unpaired) electrons. The summed E-state index contributed by atoms with van der Waals surface area (Å²) < 4.78 is 4.62. The largest absolute Gasteiger partial charge is 0.460 e. The molecule has 0 aliphatic carbocycles. The molecule has 0 spiro atoms. The Morgan fingerprint density at radius 1 is 1.28 bits per heavy atom. The smallest absolute Gasteiger partial charge is 0.379 e. The second kappa shape index (κ2) is 6.88. The van der Waals surface area contributed by atoms with Crippen molar-refractivity contribution < 1.29 is 14.3 Å². The second-order valence-corrected chi connectivity index (χ2v) is 3.26. The first-order valence-electron chi connectivity index (χ1n) is 5.36. The highest BCUT2D eigenvalue weighted by Gasteiger charge is 2.16. The van der Waals surface area contributed by atoms with E-state index in [1.165, 1.54) is 12.1 Å². The van der Waals surface area contributed by atoms with Crippen LogP contribution < -0.4 is 0 Å². The fourth-order valence-corrected chi connectivity index (χ4v) is 1.21. The third-order valence-electron chi connectivity index (χ3n) is 2.01. The summed E-state index contributed by atoms with van der Waals surface area (Å²) in [6.07, 6.45) is 0.156. The van der Waals surface area contributed by atoms with Gasteiger partial charge in [0, 0.05) is 11.1 Å². The number of carbonyl (C=O) groups is 2. The number of nitriles is 1. The van der Waals surface area contributed by atoms with Gasteiger partial charge in [-0.05, 0) is 31.2 Å². The lowest BCUT2D eigenvalue weighted by atomic mass is 10.1. The predicted octanol–water partition coefficient (Wildman–Crippen LogP) is 1.70. The first-order chi connectivity index (χ1) is 8.69. The van der Waals surface area contributed by atoms with Crippen LogP contribution in [0.3, 0.4) is 0 Å². The number of nitrogens with zero attached hydrogens (tertiary/aromatic N) is 1. The van der Waals surface area contributed by atoms with E-state index in [1.54, 1.807) is 19.1 Å². The summed E-state index contributed by atoms with van der Waals surface area (Å²) in [5, 5.41) is 8.32. The lowest BCUT2D eigenvalue weighted by Gasteiger charge is -2.00. The number of hydrogen-bond acceptors (Lipinski definition) is 4. The van der Waals surface area contributed by atoms with Crippen LogP contribution >= 0.6 is 0 Å². The topological polar surface area (TPSA) is 67.2 Å². The molecule has 1 aromatic rings. The zero-order valence-corrected chi connectivity index (χ0v) is 9.90. The van der Waals surface area contributed by atoms with Crippen LogP contribution in [0.1, 0.15) is 29.3 Å². The minimum absolute atomic E-state index is 0.156. The Morgan fingerprint density at radius 2 is 1.94 bits per heavy atom. The molecule has 1 rings (SSSR count). The predicted molar refractivity (Wildman–Crippen MR) is 64.5 cm³/mol. The van der Waals surface area contributed by atoms with Crippen LogP contribution in [0.25, 0.3) is 0 Å². The molecule has 0 heterocycles. The van der Waals surface area contributed by atoms with E-state index in [0.29, 0.717) is 5.56 Å². The number of Topliss-reactive ketones (excluding diaryl/α,β-unsaturated/α-hetero) is 1. The van der Waals surface area contributed by atoms with Gasteiger partial charge in [-0.15, -0.1) is 0 Å². The Morgan fingerprint density at radius 3 is 2.50 bits per heavy atom. The maximum Gasteiger partial charge on any atom is 0.379 e. The van der Waals surface area contributed by atoms with Crippen molar-refractivity contribution in [2.75, 3.05) is 6.61 Å². The van der Waals surface area contributed by atoms with Gasteiger partial charge in [0.05, 0.1) is 19.1 Å². The third-order valence-corrected chi connectivity index (χ3v) is 2.01. The molecule has 0 saturated carbocycles. The molecule has 1 aromatic carbocycles. The highest BCUT2D eigenvalue weighted by molar-refractivity contribution is 6.40. The van der Waals surface area contributed by atoms with Crippen molar-refractivity contribution in [3.63, 3.8) is 0 Å². The first-order valence-corrected chi connectivity index (χ1v) is 5.36. The molecule has 0 N–H and O–H groups in total. The Labute approximate surface area is 105 Å². The quantitative estimate of drug-likeness (QED) is 0.349. The third kappa shape index (κ3) is 3.77. The van der Waals surface area contributed by atoms with E-state index in [2.05, 4.69) is 16.6 Å². The summed E-state index contributed by atoms with van der Waals surface area (Å²) >= 11 is 0. The maximum absolute atomic E-state index is 11.6. The van der Waals surface area contributed by atoms with Crippen LogP contribution in [0.5, 0.6) is 0 Å². The van der Waals surface area contributed by atoms with Crippen molar-refractivity contribution in [2.24, 2.45) is 0 Å². The summed E-state index contributed by atoms with van der Waals surface area (Å²) in [4.78, 5) is 22.8. The lowest BCUT2D eigenvalue weighted by Crippen LogP contribution is -2.17. The van der Waals surface area contributed by atoms with Crippen LogP contribution in [-0.4, -0.2) is 18.4 Å². The van der Waals surface area contributed by atoms with Crippen molar-refractivity contribution in [2.45, 2.75) is 13.3 Å². The van der Waals surface area contributed by atoms with Crippen molar-refractivity contribution in [3.8, 4) is 17.9 Å². The van der Waals surface area contributed by atoms with Crippen LogP contribution in [0, 0.1) is 23.2 Å². The summed E-state index contributed by atoms with van der Waals surface area (Å²) in [6, 6.07) is 8.17. The van der Waals surface area contributed by atoms with E-state index in [1.807, 2.05) is 6.07 Å². The molecule has 90 valence electrons. The molecule has 0 fully saturated rings. The van der Waals surface area contributed by atoms with Gasteiger partial charge in [-0.25, -0.2) is 4.79 Å². The average molecular weight is 241 g/mol. The first kappa shape index (κ1) is 13.5. The molecule has 0 saturated heterocycles. The van der Waals surface area contributed by atoms with E-state index in [9.17, 15) is 9.59 Å². The molecule has 0 amide bonds. The number of ketones is 1. The molecule has 0 aromatic heterocycles. The van der Waals surface area contributed by atoms with Gasteiger partial charge >= 0.3 is 5.97 Å². The molecule has 4 heteroatoms. The molecular weight excluding hydrogens is 230 g/mol. The zero-order chi connectivity index (χ0) is 13.4. The Bertz CT molecular complexity index is 541. The molecule has 0 aliphatic heterocycles. The standard InChI is InChI=1S/C14H11NO3/c1-2-18-14(17)13(16)12-8-6-11(7-9-12)5-3-4-10-15/h6-9H,2,4H2,1H3. The molecule has 18 heavy (non-hydrogen) atoms. The van der Waals surface area contributed by atoms with E-state index in [4.69, 9.17) is 5.26 Å². The van der Waals surface area contributed by atoms with E-state index in [0.717, 1.165) is 0 Å². The van der Waals surface area contributed by atoms with Gasteiger partial charge < -0.3 is 4.74 Å². The minimum Gasteiger partial charge on any atom is -0.460 e. The summed E-state index contributed by atoms with van der Waals surface area (Å²) in [6.45, 7) is 1.81. The molecule has 4 nitrogen and oxygen atoms in total. The highest BCUT2D eigenvalue weighted by Crippen LogP contribution is 2.05. The molecule has 0 aliphatic rings. The minimum atomic E-state index is -0.860. The zero-order valence-electron chi connectivity index (χ0n) is 9.90. The number of carbonyl (C=O) groups excluding carboxylic acids is 2.